The molecule has 0 saturated heterocycles. The Morgan fingerprint density at radius 2 is 1.57 bits per heavy atom. The van der Waals surface area contributed by atoms with Crippen LogP contribution in [0.5, 0.6) is 0 Å². The molecule has 1 unspecified atom stereocenters. The van der Waals surface area contributed by atoms with Crippen molar-refractivity contribution in [1.29, 1.82) is 0 Å². The van der Waals surface area contributed by atoms with Crippen molar-refractivity contribution < 1.29 is 27.7 Å². The predicted molar refractivity (Wildman–Crippen MR) is 113 cm³/mol. The van der Waals surface area contributed by atoms with Gasteiger partial charge in [-0.3, -0.25) is 9.59 Å². The first-order chi connectivity index (χ1) is 13.8. The fourth-order valence-electron chi connectivity index (χ4n) is 3.08. The highest BCUT2D eigenvalue weighted by molar-refractivity contribution is 5.95. The van der Waals surface area contributed by atoms with Crippen molar-refractivity contribution >= 4 is 23.2 Å². The molecule has 0 heterocycles. The molecule has 1 aromatic rings. The van der Waals surface area contributed by atoms with Gasteiger partial charge in [-0.2, -0.15) is 13.2 Å². The lowest BCUT2D eigenvalue weighted by Gasteiger charge is -2.26. The Morgan fingerprint density at radius 1 is 1.00 bits per heavy atom. The maximum atomic E-state index is 13.2. The number of nitrogens with one attached hydrogen (secondary N) is 3. The van der Waals surface area contributed by atoms with Crippen LogP contribution in [0.3, 0.4) is 0 Å². The summed E-state index contributed by atoms with van der Waals surface area (Å²) in [5.41, 5.74) is -0.550. The quantitative estimate of drug-likeness (QED) is 0.562. The van der Waals surface area contributed by atoms with Gasteiger partial charge < -0.3 is 20.4 Å². The minimum Gasteiger partial charge on any atom is -0.370 e. The number of benzene rings is 1. The summed E-state index contributed by atoms with van der Waals surface area (Å²) in [5, 5.41) is 5.47. The first kappa shape index (κ1) is 25.7. The molecular weight excluding hydrogens is 397 g/mol. The Labute approximate surface area is 176 Å². The Kier molecular flexibility index (Phi) is 9.14. The predicted octanol–water partition coefficient (Wildman–Crippen LogP) is 2.31. The van der Waals surface area contributed by atoms with Crippen molar-refractivity contribution in [3.8, 4) is 0 Å². The summed E-state index contributed by atoms with van der Waals surface area (Å²) >= 11 is 0. The van der Waals surface area contributed by atoms with Gasteiger partial charge >= 0.3 is 6.18 Å². The summed E-state index contributed by atoms with van der Waals surface area (Å²) in [6.07, 6.45) is -4.51. The monoisotopic (exact) mass is 431 g/mol. The Hall–Kier alpha value is -2.29. The lowest BCUT2D eigenvalue weighted by atomic mass is 10.1. The highest BCUT2D eigenvalue weighted by Gasteiger charge is 2.32. The molecule has 0 aliphatic carbocycles. The number of quaternary nitrogens is 1. The van der Waals surface area contributed by atoms with Crippen LogP contribution in [0.1, 0.15) is 47.1 Å². The number of alkyl halides is 3. The van der Waals surface area contributed by atoms with Crippen molar-refractivity contribution in [3.05, 3.63) is 23.8 Å². The number of carbonyl (C=O) groups is 2. The SMILES string of the molecule is CCN(CC)c1ccc(C(F)(F)F)cc1NC(=O)C[NH+](CC)CC(=O)NC(C)(C)C. The zero-order chi connectivity index (χ0) is 23.1. The third-order valence-corrected chi connectivity index (χ3v) is 4.54. The van der Waals surface area contributed by atoms with E-state index in [0.717, 1.165) is 12.1 Å². The van der Waals surface area contributed by atoms with E-state index in [1.54, 1.807) is 0 Å². The maximum Gasteiger partial charge on any atom is 0.416 e. The van der Waals surface area contributed by atoms with E-state index < -0.39 is 17.6 Å². The van der Waals surface area contributed by atoms with E-state index in [1.165, 1.54) is 6.07 Å². The first-order valence-electron chi connectivity index (χ1n) is 10.2. The molecule has 0 aliphatic rings. The molecular formula is C21H34F3N4O2+. The molecule has 0 spiro atoms. The van der Waals surface area contributed by atoms with E-state index in [9.17, 15) is 22.8 Å². The Balaban J connectivity index is 3.00. The maximum absolute atomic E-state index is 13.2. The summed E-state index contributed by atoms with van der Waals surface area (Å²) in [6.45, 7) is 13.0. The van der Waals surface area contributed by atoms with Crippen molar-refractivity contribution in [3.63, 3.8) is 0 Å². The van der Waals surface area contributed by atoms with E-state index >= 15 is 0 Å². The number of anilines is 2. The Bertz CT molecular complexity index is 726. The molecule has 170 valence electrons. The number of halogens is 3. The Morgan fingerprint density at radius 3 is 2.03 bits per heavy atom. The molecule has 9 heteroatoms. The number of rotatable bonds is 9. The van der Waals surface area contributed by atoms with Crippen LogP contribution in [0.25, 0.3) is 0 Å². The van der Waals surface area contributed by atoms with Gasteiger partial charge in [0.1, 0.15) is 0 Å². The van der Waals surface area contributed by atoms with Gasteiger partial charge in [-0.1, -0.05) is 0 Å². The van der Waals surface area contributed by atoms with Crippen molar-refractivity contribution in [2.24, 2.45) is 0 Å². The second-order valence-corrected chi connectivity index (χ2v) is 8.21. The molecule has 0 fully saturated rings. The molecule has 1 rings (SSSR count). The van der Waals surface area contributed by atoms with Gasteiger partial charge in [0.25, 0.3) is 11.8 Å². The zero-order valence-corrected chi connectivity index (χ0v) is 18.7. The summed E-state index contributed by atoms with van der Waals surface area (Å²) in [6, 6.07) is 3.36. The molecule has 0 aliphatic heterocycles. The second kappa shape index (κ2) is 10.7. The van der Waals surface area contributed by atoms with Gasteiger partial charge in [-0.15, -0.1) is 0 Å². The van der Waals surface area contributed by atoms with Crippen LogP contribution in [0.15, 0.2) is 18.2 Å². The number of likely N-dealkylation sites (N-methyl/N-ethyl adjacent to an activating group) is 1. The fraction of sp³-hybridized carbons (Fsp3) is 0.619. The average Bonchev–Trinajstić information content (AvgIpc) is 2.60. The van der Waals surface area contributed by atoms with Crippen LogP contribution in [0, 0.1) is 0 Å². The molecule has 1 atom stereocenters. The molecule has 0 aromatic heterocycles. The minimum absolute atomic E-state index is 0.0258. The lowest BCUT2D eigenvalue weighted by Crippen LogP contribution is -3.14. The van der Waals surface area contributed by atoms with Crippen LogP contribution < -0.4 is 20.4 Å². The third kappa shape index (κ3) is 8.22. The van der Waals surface area contributed by atoms with Crippen molar-refractivity contribution in [2.45, 2.75) is 53.3 Å². The van der Waals surface area contributed by atoms with Crippen LogP contribution in [0.4, 0.5) is 24.5 Å². The molecule has 1 aromatic carbocycles. The standard InChI is InChI=1S/C21H33F3N4O2/c1-7-27(14-19(30)26-20(4,5)6)13-18(29)25-16-12-15(21(22,23)24)10-11-17(16)28(8-2)9-3/h10-12H,7-9,13-14H2,1-6H3,(H,25,29)(H,26,30)/p+1. The number of hydrogen-bond acceptors (Lipinski definition) is 3. The van der Waals surface area contributed by atoms with Gasteiger partial charge in [0.05, 0.1) is 23.5 Å². The summed E-state index contributed by atoms with van der Waals surface area (Å²) in [7, 11) is 0. The van der Waals surface area contributed by atoms with E-state index in [4.69, 9.17) is 0 Å². The minimum atomic E-state index is -4.51. The van der Waals surface area contributed by atoms with Gasteiger partial charge in [0, 0.05) is 18.6 Å². The third-order valence-electron chi connectivity index (χ3n) is 4.54. The molecule has 6 nitrogen and oxygen atoms in total. The molecule has 2 amide bonds. The van der Waals surface area contributed by atoms with Gasteiger partial charge in [0.2, 0.25) is 0 Å². The number of nitrogens with zero attached hydrogens (tertiary/aromatic N) is 1. The van der Waals surface area contributed by atoms with Crippen LogP contribution >= 0.6 is 0 Å². The van der Waals surface area contributed by atoms with E-state index in [2.05, 4.69) is 10.6 Å². The largest absolute Gasteiger partial charge is 0.416 e. The molecule has 0 bridgehead atoms. The fourth-order valence-corrected chi connectivity index (χ4v) is 3.08. The van der Waals surface area contributed by atoms with Crippen molar-refractivity contribution in [2.75, 3.05) is 42.9 Å². The highest BCUT2D eigenvalue weighted by atomic mass is 19.4. The number of hydrogen-bond donors (Lipinski definition) is 3. The number of carbonyl (C=O) groups excluding carboxylic acids is 2. The number of amides is 2. The van der Waals surface area contributed by atoms with E-state index in [-0.39, 0.29) is 30.2 Å². The van der Waals surface area contributed by atoms with Crippen LogP contribution in [-0.2, 0) is 15.8 Å². The molecule has 0 saturated carbocycles. The summed E-state index contributed by atoms with van der Waals surface area (Å²) < 4.78 is 39.5. The molecule has 30 heavy (non-hydrogen) atoms. The smallest absolute Gasteiger partial charge is 0.370 e. The highest BCUT2D eigenvalue weighted by Crippen LogP contribution is 2.35. The normalized spacial score (nSPS) is 13.0. The molecule has 0 radical (unpaired) electrons. The van der Waals surface area contributed by atoms with E-state index in [0.29, 0.717) is 30.2 Å². The van der Waals surface area contributed by atoms with Gasteiger partial charge in [-0.05, 0) is 59.7 Å². The summed E-state index contributed by atoms with van der Waals surface area (Å²) in [5.74, 6) is -0.627. The van der Waals surface area contributed by atoms with Gasteiger partial charge in [0.15, 0.2) is 13.1 Å². The summed E-state index contributed by atoms with van der Waals surface area (Å²) in [4.78, 5) is 27.3. The first-order valence-corrected chi connectivity index (χ1v) is 10.2. The topological polar surface area (TPSA) is 65.9 Å². The van der Waals surface area contributed by atoms with Gasteiger partial charge in [-0.25, -0.2) is 0 Å². The van der Waals surface area contributed by atoms with Crippen LogP contribution in [0.2, 0.25) is 0 Å². The van der Waals surface area contributed by atoms with Crippen molar-refractivity contribution in [1.82, 2.24) is 5.32 Å². The second-order valence-electron chi connectivity index (χ2n) is 8.21. The molecule has 3 N–H and O–H groups in total. The van der Waals surface area contributed by atoms with E-state index in [1.807, 2.05) is 46.4 Å². The van der Waals surface area contributed by atoms with Crippen LogP contribution in [-0.4, -0.2) is 50.1 Å². The zero-order valence-electron chi connectivity index (χ0n) is 18.7. The average molecular weight is 432 g/mol. The lowest BCUT2D eigenvalue weighted by molar-refractivity contribution is -0.881.